The molecule has 19 heavy (non-hydrogen) atoms. The lowest BCUT2D eigenvalue weighted by molar-refractivity contribution is 0.283. The average Bonchev–Trinajstić information content (AvgIpc) is 2.56. The van der Waals surface area contributed by atoms with E-state index in [1.165, 1.54) is 23.7 Å². The minimum atomic E-state index is 0. The van der Waals surface area contributed by atoms with Crippen LogP contribution < -0.4 is 5.32 Å². The number of halogens is 2. The highest BCUT2D eigenvalue weighted by molar-refractivity contribution is 7.09. The Hall–Kier alpha value is 0.130. The van der Waals surface area contributed by atoms with Gasteiger partial charge in [-0.05, 0) is 19.5 Å². The first-order valence-corrected chi connectivity index (χ1v) is 7.31. The fourth-order valence-corrected chi connectivity index (χ4v) is 3.04. The molecule has 0 atom stereocenters. The van der Waals surface area contributed by atoms with Gasteiger partial charge in [-0.3, -0.25) is 4.90 Å². The van der Waals surface area contributed by atoms with Gasteiger partial charge >= 0.3 is 0 Å². The predicted octanol–water partition coefficient (Wildman–Crippen LogP) is 3.08. The van der Waals surface area contributed by atoms with Crippen LogP contribution in [0.1, 0.15) is 37.9 Å². The lowest BCUT2D eigenvalue weighted by atomic mass is 9.93. The van der Waals surface area contributed by atoms with Crippen molar-refractivity contribution in [1.29, 1.82) is 0 Å². The van der Waals surface area contributed by atoms with Crippen LogP contribution in [0.2, 0.25) is 0 Å². The minimum Gasteiger partial charge on any atom is -0.315 e. The smallest absolute Gasteiger partial charge is 0.107 e. The maximum Gasteiger partial charge on any atom is 0.107 e. The van der Waals surface area contributed by atoms with Crippen molar-refractivity contribution >= 4 is 36.2 Å². The van der Waals surface area contributed by atoms with E-state index in [0.717, 1.165) is 26.2 Å². The van der Waals surface area contributed by atoms with Gasteiger partial charge in [-0.25, -0.2) is 4.98 Å². The lowest BCUT2D eigenvalue weighted by Gasteiger charge is -2.18. The Labute approximate surface area is 133 Å². The third-order valence-electron chi connectivity index (χ3n) is 3.11. The number of nitrogens with one attached hydrogen (secondary N) is 1. The minimum absolute atomic E-state index is 0. The Bertz CT molecular complexity index is 355. The Morgan fingerprint density at radius 1 is 1.26 bits per heavy atom. The molecule has 0 bridgehead atoms. The van der Waals surface area contributed by atoms with Gasteiger partial charge in [0.15, 0.2) is 0 Å². The lowest BCUT2D eigenvalue weighted by Crippen LogP contribution is -2.27. The van der Waals surface area contributed by atoms with E-state index in [0.29, 0.717) is 0 Å². The predicted molar refractivity (Wildman–Crippen MR) is 88.1 cm³/mol. The van der Waals surface area contributed by atoms with Crippen LogP contribution in [0.3, 0.4) is 0 Å². The van der Waals surface area contributed by atoms with Gasteiger partial charge in [0, 0.05) is 23.9 Å². The number of hydrogen-bond acceptors (Lipinski definition) is 4. The zero-order valence-electron chi connectivity index (χ0n) is 11.9. The Kier molecular flexibility index (Phi) is 8.48. The van der Waals surface area contributed by atoms with Crippen molar-refractivity contribution in [3.63, 3.8) is 0 Å². The second-order valence-electron chi connectivity index (χ2n) is 5.76. The van der Waals surface area contributed by atoms with E-state index in [-0.39, 0.29) is 30.2 Å². The quantitative estimate of drug-likeness (QED) is 0.905. The van der Waals surface area contributed by atoms with Crippen molar-refractivity contribution in [3.8, 4) is 0 Å². The number of rotatable bonds is 2. The largest absolute Gasteiger partial charge is 0.315 e. The summed E-state index contributed by atoms with van der Waals surface area (Å²) in [6.07, 6.45) is 1.25. The summed E-state index contributed by atoms with van der Waals surface area (Å²) in [6, 6.07) is 0. The van der Waals surface area contributed by atoms with Gasteiger partial charge < -0.3 is 5.32 Å². The van der Waals surface area contributed by atoms with Crippen LogP contribution in [-0.2, 0) is 12.0 Å². The first-order valence-electron chi connectivity index (χ1n) is 6.44. The molecule has 0 radical (unpaired) electrons. The zero-order valence-corrected chi connectivity index (χ0v) is 14.4. The first kappa shape index (κ1) is 19.1. The molecule has 6 heteroatoms. The van der Waals surface area contributed by atoms with Gasteiger partial charge in [0.1, 0.15) is 5.01 Å². The summed E-state index contributed by atoms with van der Waals surface area (Å²) < 4.78 is 0. The highest BCUT2D eigenvalue weighted by Crippen LogP contribution is 2.24. The van der Waals surface area contributed by atoms with E-state index < -0.39 is 0 Å². The summed E-state index contributed by atoms with van der Waals surface area (Å²) in [7, 11) is 0. The molecular weight excluding hydrogens is 301 g/mol. The monoisotopic (exact) mass is 325 g/mol. The maximum atomic E-state index is 4.76. The van der Waals surface area contributed by atoms with Gasteiger partial charge in [0.25, 0.3) is 0 Å². The summed E-state index contributed by atoms with van der Waals surface area (Å²) >= 11 is 1.80. The highest BCUT2D eigenvalue weighted by Gasteiger charge is 2.18. The van der Waals surface area contributed by atoms with Crippen LogP contribution >= 0.6 is 36.2 Å². The summed E-state index contributed by atoms with van der Waals surface area (Å²) in [5.74, 6) is 0. The number of thiazole rings is 1. The summed E-state index contributed by atoms with van der Waals surface area (Å²) in [5, 5.41) is 6.91. The fraction of sp³-hybridized carbons (Fsp3) is 0.769. The third-order valence-corrected chi connectivity index (χ3v) is 3.95. The molecule has 3 nitrogen and oxygen atoms in total. The molecule has 0 amide bonds. The Morgan fingerprint density at radius 2 is 2.00 bits per heavy atom. The number of hydrogen-bond donors (Lipinski definition) is 1. The molecule has 0 aromatic carbocycles. The molecule has 2 rings (SSSR count). The van der Waals surface area contributed by atoms with Crippen LogP contribution in [0.5, 0.6) is 0 Å². The van der Waals surface area contributed by atoms with Crippen molar-refractivity contribution < 1.29 is 0 Å². The number of nitrogens with zero attached hydrogens (tertiary/aromatic N) is 2. The van der Waals surface area contributed by atoms with Crippen LogP contribution in [0.15, 0.2) is 5.38 Å². The standard InChI is InChI=1S/C13H23N3S.2ClH/c1-13(2,3)11-10-17-12(15-11)9-16-7-4-5-14-6-8-16;;/h10,14H,4-9H2,1-3H3;2*1H. The van der Waals surface area contributed by atoms with E-state index in [9.17, 15) is 0 Å². The summed E-state index contributed by atoms with van der Waals surface area (Å²) in [6.45, 7) is 12.3. The number of aromatic nitrogens is 1. The molecule has 0 unspecified atom stereocenters. The molecule has 1 N–H and O–H groups in total. The SMILES string of the molecule is CC(C)(C)c1csc(CN2CCCNCC2)n1.Cl.Cl. The topological polar surface area (TPSA) is 28.2 Å². The second-order valence-corrected chi connectivity index (χ2v) is 6.70. The molecule has 1 aromatic rings. The van der Waals surface area contributed by atoms with Crippen LogP contribution in [-0.4, -0.2) is 36.1 Å². The van der Waals surface area contributed by atoms with Crippen LogP contribution in [0.4, 0.5) is 0 Å². The molecule has 0 saturated carbocycles. The van der Waals surface area contributed by atoms with Crippen molar-refractivity contribution in [1.82, 2.24) is 15.2 Å². The van der Waals surface area contributed by atoms with Gasteiger partial charge in [-0.15, -0.1) is 36.2 Å². The van der Waals surface area contributed by atoms with Crippen molar-refractivity contribution in [2.75, 3.05) is 26.2 Å². The molecule has 1 fully saturated rings. The normalized spacial score (nSPS) is 17.2. The fourth-order valence-electron chi connectivity index (χ4n) is 1.98. The van der Waals surface area contributed by atoms with Gasteiger partial charge in [-0.2, -0.15) is 0 Å². The molecular formula is C13H25Cl2N3S. The van der Waals surface area contributed by atoms with E-state index in [4.69, 9.17) is 4.98 Å². The van der Waals surface area contributed by atoms with E-state index in [2.05, 4.69) is 36.4 Å². The first-order chi connectivity index (χ1) is 8.05. The Balaban J connectivity index is 0.00000162. The molecule has 112 valence electrons. The second kappa shape index (κ2) is 8.42. The third kappa shape index (κ3) is 5.96. The molecule has 1 aliphatic rings. The zero-order chi connectivity index (χ0) is 12.3. The van der Waals surface area contributed by atoms with E-state index in [1.54, 1.807) is 11.3 Å². The van der Waals surface area contributed by atoms with E-state index in [1.807, 2.05) is 0 Å². The van der Waals surface area contributed by atoms with Crippen molar-refractivity contribution in [2.24, 2.45) is 0 Å². The van der Waals surface area contributed by atoms with Gasteiger partial charge in [0.05, 0.1) is 12.2 Å². The molecule has 1 aliphatic heterocycles. The highest BCUT2D eigenvalue weighted by atomic mass is 35.5. The Morgan fingerprint density at radius 3 is 2.63 bits per heavy atom. The average molecular weight is 326 g/mol. The van der Waals surface area contributed by atoms with Gasteiger partial charge in [0.2, 0.25) is 0 Å². The maximum absolute atomic E-state index is 4.76. The van der Waals surface area contributed by atoms with Crippen molar-refractivity contribution in [3.05, 3.63) is 16.1 Å². The van der Waals surface area contributed by atoms with E-state index >= 15 is 0 Å². The summed E-state index contributed by atoms with van der Waals surface area (Å²) in [5.41, 5.74) is 1.40. The van der Waals surface area contributed by atoms with Crippen LogP contribution in [0, 0.1) is 0 Å². The summed E-state index contributed by atoms with van der Waals surface area (Å²) in [4.78, 5) is 7.27. The van der Waals surface area contributed by atoms with Crippen molar-refractivity contribution in [2.45, 2.75) is 39.2 Å². The molecule has 0 spiro atoms. The molecule has 2 heterocycles. The van der Waals surface area contributed by atoms with Crippen LogP contribution in [0.25, 0.3) is 0 Å². The van der Waals surface area contributed by atoms with Gasteiger partial charge in [-0.1, -0.05) is 20.8 Å². The molecule has 0 aliphatic carbocycles. The molecule has 1 saturated heterocycles. The molecule has 1 aromatic heterocycles.